The maximum atomic E-state index is 12.4. The lowest BCUT2D eigenvalue weighted by molar-refractivity contribution is -0.119. The first-order valence-electron chi connectivity index (χ1n) is 13.2. The highest BCUT2D eigenvalue weighted by molar-refractivity contribution is 9.10. The van der Waals surface area contributed by atoms with Crippen molar-refractivity contribution in [3.8, 4) is 5.88 Å². The predicted octanol–water partition coefficient (Wildman–Crippen LogP) is 5.66. The topological polar surface area (TPSA) is 64.1 Å². The highest BCUT2D eigenvalue weighted by Gasteiger charge is 2.41. The smallest absolute Gasteiger partial charge is 0.410 e. The Bertz CT molecular complexity index is 852. The van der Waals surface area contributed by atoms with Crippen molar-refractivity contribution in [2.24, 2.45) is 5.92 Å². The van der Waals surface area contributed by atoms with Crippen LogP contribution in [0, 0.1) is 5.92 Å². The first-order valence-corrected chi connectivity index (χ1v) is 14.0. The van der Waals surface area contributed by atoms with Crippen LogP contribution in [0.5, 0.6) is 5.88 Å². The van der Waals surface area contributed by atoms with E-state index in [0.29, 0.717) is 24.0 Å². The summed E-state index contributed by atoms with van der Waals surface area (Å²) in [7, 11) is 0. The Morgan fingerprint density at radius 2 is 1.63 bits per heavy atom. The van der Waals surface area contributed by atoms with Crippen LogP contribution >= 0.6 is 15.9 Å². The van der Waals surface area contributed by atoms with Crippen LogP contribution in [-0.4, -0.2) is 76.5 Å². The Kier molecular flexibility index (Phi) is 8.33. The summed E-state index contributed by atoms with van der Waals surface area (Å²) in [6.45, 7) is 14.2. The van der Waals surface area contributed by atoms with Crippen molar-refractivity contribution in [3.05, 3.63) is 22.8 Å². The molecule has 1 amide bonds. The molecule has 0 unspecified atom stereocenters. The highest BCUT2D eigenvalue weighted by atomic mass is 79.9. The molecule has 2 aliphatic heterocycles. The fourth-order valence-electron chi connectivity index (χ4n) is 5.54. The van der Waals surface area contributed by atoms with Crippen LogP contribution in [0.4, 0.5) is 4.79 Å². The molecule has 0 spiro atoms. The van der Waals surface area contributed by atoms with E-state index in [2.05, 4.69) is 39.7 Å². The van der Waals surface area contributed by atoms with Gasteiger partial charge in [0.15, 0.2) is 0 Å². The van der Waals surface area contributed by atoms with Gasteiger partial charge in [-0.15, -0.1) is 0 Å². The van der Waals surface area contributed by atoms with Crippen LogP contribution in [0.1, 0.15) is 73.1 Å². The SMILES string of the molecule is CC(C)(C)OC(=O)N1CCC(C(C)(C)N2CCC(O[C@H]3C[C@H](Oc4cc(Br)ccn4)C3)CC2)CC1. The number of rotatable bonds is 6. The average molecular weight is 553 g/mol. The Morgan fingerprint density at radius 1 is 0.971 bits per heavy atom. The van der Waals surface area contributed by atoms with Crippen LogP contribution in [0.3, 0.4) is 0 Å². The van der Waals surface area contributed by atoms with Crippen LogP contribution in [0.15, 0.2) is 22.8 Å². The monoisotopic (exact) mass is 551 g/mol. The van der Waals surface area contributed by atoms with Crippen LogP contribution in [-0.2, 0) is 9.47 Å². The predicted molar refractivity (Wildman–Crippen MR) is 140 cm³/mol. The Morgan fingerprint density at radius 3 is 2.23 bits per heavy atom. The van der Waals surface area contributed by atoms with E-state index in [9.17, 15) is 4.79 Å². The van der Waals surface area contributed by atoms with E-state index in [1.165, 1.54) is 0 Å². The lowest BCUT2D eigenvalue weighted by Crippen LogP contribution is -2.56. The Balaban J connectivity index is 1.16. The van der Waals surface area contributed by atoms with E-state index in [1.807, 2.05) is 37.8 Å². The zero-order valence-corrected chi connectivity index (χ0v) is 23.6. The van der Waals surface area contributed by atoms with Crippen molar-refractivity contribution in [1.29, 1.82) is 0 Å². The second kappa shape index (κ2) is 10.9. The molecule has 7 nitrogen and oxygen atoms in total. The van der Waals surface area contributed by atoms with E-state index < -0.39 is 5.60 Å². The van der Waals surface area contributed by atoms with Gasteiger partial charge in [-0.3, -0.25) is 4.90 Å². The number of aromatic nitrogens is 1. The quantitative estimate of drug-likeness (QED) is 0.454. The number of carbonyl (C=O) groups excluding carboxylic acids is 1. The maximum absolute atomic E-state index is 12.4. The molecule has 1 saturated carbocycles. The molecule has 0 aromatic carbocycles. The van der Waals surface area contributed by atoms with Gasteiger partial charge in [0.1, 0.15) is 11.7 Å². The summed E-state index contributed by atoms with van der Waals surface area (Å²) >= 11 is 3.46. The third kappa shape index (κ3) is 7.10. The molecule has 1 aromatic heterocycles. The van der Waals surface area contributed by atoms with Gasteiger partial charge in [0.05, 0.1) is 12.2 Å². The largest absolute Gasteiger partial charge is 0.474 e. The molecule has 3 fully saturated rings. The van der Waals surface area contributed by atoms with Gasteiger partial charge >= 0.3 is 6.09 Å². The molecule has 4 rings (SSSR count). The summed E-state index contributed by atoms with van der Waals surface area (Å²) in [5, 5.41) is 0. The third-order valence-electron chi connectivity index (χ3n) is 7.82. The number of hydrogen-bond donors (Lipinski definition) is 0. The summed E-state index contributed by atoms with van der Waals surface area (Å²) in [6.07, 6.45) is 8.51. The molecule has 0 radical (unpaired) electrons. The molecule has 8 heteroatoms. The van der Waals surface area contributed by atoms with Gasteiger partial charge < -0.3 is 19.1 Å². The van der Waals surface area contributed by atoms with Crippen molar-refractivity contribution >= 4 is 22.0 Å². The molecule has 3 heterocycles. The number of halogens is 1. The minimum Gasteiger partial charge on any atom is -0.474 e. The summed E-state index contributed by atoms with van der Waals surface area (Å²) in [6, 6.07) is 3.81. The summed E-state index contributed by atoms with van der Waals surface area (Å²) in [4.78, 5) is 21.2. The van der Waals surface area contributed by atoms with Crippen molar-refractivity contribution in [1.82, 2.24) is 14.8 Å². The number of carbonyl (C=O) groups is 1. The van der Waals surface area contributed by atoms with E-state index in [-0.39, 0.29) is 17.7 Å². The fourth-order valence-corrected chi connectivity index (χ4v) is 5.85. The van der Waals surface area contributed by atoms with Gasteiger partial charge in [0, 0.05) is 61.3 Å². The zero-order chi connectivity index (χ0) is 25.2. The number of piperidine rings is 2. The van der Waals surface area contributed by atoms with Crippen LogP contribution in [0.25, 0.3) is 0 Å². The van der Waals surface area contributed by atoms with Crippen molar-refractivity contribution in [2.45, 2.75) is 103 Å². The molecule has 1 aromatic rings. The second-order valence-electron chi connectivity index (χ2n) is 11.9. The second-order valence-corrected chi connectivity index (χ2v) is 12.8. The molecular weight excluding hydrogens is 510 g/mol. The molecule has 196 valence electrons. The van der Waals surface area contributed by atoms with E-state index in [1.54, 1.807) is 6.20 Å². The number of amides is 1. The van der Waals surface area contributed by atoms with Crippen molar-refractivity contribution in [2.75, 3.05) is 26.2 Å². The van der Waals surface area contributed by atoms with Crippen LogP contribution < -0.4 is 4.74 Å². The zero-order valence-electron chi connectivity index (χ0n) is 22.0. The van der Waals surface area contributed by atoms with Gasteiger partial charge in [-0.1, -0.05) is 15.9 Å². The molecule has 1 aliphatic carbocycles. The molecular formula is C27H42BrN3O4. The van der Waals surface area contributed by atoms with Gasteiger partial charge in [-0.05, 0) is 72.3 Å². The lowest BCUT2D eigenvalue weighted by Gasteiger charge is -2.50. The molecule has 2 saturated heterocycles. The summed E-state index contributed by atoms with van der Waals surface area (Å²) in [5.74, 6) is 1.25. The number of nitrogens with zero attached hydrogens (tertiary/aromatic N) is 3. The number of pyridine rings is 1. The Labute approximate surface area is 219 Å². The van der Waals surface area contributed by atoms with Gasteiger partial charge in [-0.25, -0.2) is 9.78 Å². The lowest BCUT2D eigenvalue weighted by atomic mass is 9.78. The molecule has 0 bridgehead atoms. The fraction of sp³-hybridized carbons (Fsp3) is 0.778. The summed E-state index contributed by atoms with van der Waals surface area (Å²) in [5.41, 5.74) is -0.319. The van der Waals surface area contributed by atoms with E-state index in [0.717, 1.165) is 69.2 Å². The minimum absolute atomic E-state index is 0.122. The van der Waals surface area contributed by atoms with Gasteiger partial charge in [0.2, 0.25) is 5.88 Å². The minimum atomic E-state index is -0.441. The third-order valence-corrected chi connectivity index (χ3v) is 8.32. The molecule has 0 N–H and O–H groups in total. The number of likely N-dealkylation sites (tertiary alicyclic amines) is 2. The number of hydrogen-bond acceptors (Lipinski definition) is 6. The van der Waals surface area contributed by atoms with Crippen LogP contribution in [0.2, 0.25) is 0 Å². The molecule has 35 heavy (non-hydrogen) atoms. The maximum Gasteiger partial charge on any atom is 0.410 e. The van der Waals surface area contributed by atoms with E-state index >= 15 is 0 Å². The standard InChI is InChI=1S/C27H42BrN3O4/c1-26(2,3)35-25(32)30-12-7-19(8-13-30)27(4,5)31-14-9-21(10-15-31)33-22-17-23(18-22)34-24-16-20(28)6-11-29-24/h6,11,16,19,21-23H,7-10,12-15,17-18H2,1-5H3/t22-,23-. The number of ether oxygens (including phenoxy) is 3. The average Bonchev–Trinajstić information content (AvgIpc) is 2.77. The molecule has 0 atom stereocenters. The van der Waals surface area contributed by atoms with E-state index in [4.69, 9.17) is 14.2 Å². The highest BCUT2D eigenvalue weighted by Crippen LogP contribution is 2.36. The van der Waals surface area contributed by atoms with Gasteiger partial charge in [-0.2, -0.15) is 0 Å². The molecule has 3 aliphatic rings. The Hall–Kier alpha value is -1.38. The first kappa shape index (κ1) is 26.7. The normalized spacial score (nSPS) is 25.3. The van der Waals surface area contributed by atoms with Crippen molar-refractivity contribution < 1.29 is 19.0 Å². The summed E-state index contributed by atoms with van der Waals surface area (Å²) < 4.78 is 18.9. The van der Waals surface area contributed by atoms with Gasteiger partial charge in [0.25, 0.3) is 0 Å². The van der Waals surface area contributed by atoms with Crippen molar-refractivity contribution in [3.63, 3.8) is 0 Å². The first-order chi connectivity index (χ1) is 16.5.